The zero-order valence-corrected chi connectivity index (χ0v) is 14.9. The molecule has 2 aromatic carbocycles. The number of para-hydroxylation sites is 1. The molecule has 0 unspecified atom stereocenters. The monoisotopic (exact) mass is 353 g/mol. The van der Waals surface area contributed by atoms with E-state index in [4.69, 9.17) is 10.5 Å². The molecule has 0 radical (unpaired) electrons. The van der Waals surface area contributed by atoms with Crippen LogP contribution in [0.1, 0.15) is 26.3 Å². The molecule has 6 nitrogen and oxygen atoms in total. The molecule has 6 heteroatoms. The quantitative estimate of drug-likeness (QED) is 0.891. The summed E-state index contributed by atoms with van der Waals surface area (Å²) in [5.74, 6) is -0.602. The molecule has 3 rings (SSSR count). The average molecular weight is 353 g/mol. The first-order valence-corrected chi connectivity index (χ1v) is 8.62. The summed E-state index contributed by atoms with van der Waals surface area (Å²) >= 11 is 0. The Morgan fingerprint density at radius 1 is 1.04 bits per heavy atom. The summed E-state index contributed by atoms with van der Waals surface area (Å²) < 4.78 is 5.43. The summed E-state index contributed by atoms with van der Waals surface area (Å²) in [4.78, 5) is 27.8. The SMILES string of the molecule is CN(Cc1ccccc1N1CCOCC1)C(=O)c1ccc(C(N)=O)cc1. The summed E-state index contributed by atoms with van der Waals surface area (Å²) in [5.41, 5.74) is 8.40. The van der Waals surface area contributed by atoms with Gasteiger partial charge < -0.3 is 20.3 Å². The molecular formula is C20H23N3O3. The van der Waals surface area contributed by atoms with Crippen LogP contribution in [0, 0.1) is 0 Å². The number of nitrogens with zero attached hydrogens (tertiary/aromatic N) is 2. The van der Waals surface area contributed by atoms with E-state index in [2.05, 4.69) is 11.0 Å². The van der Waals surface area contributed by atoms with Gasteiger partial charge in [0.15, 0.2) is 0 Å². The first kappa shape index (κ1) is 17.9. The molecule has 1 fully saturated rings. The highest BCUT2D eigenvalue weighted by Gasteiger charge is 2.18. The molecule has 0 aliphatic carbocycles. The molecule has 0 saturated carbocycles. The van der Waals surface area contributed by atoms with Crippen molar-refractivity contribution < 1.29 is 14.3 Å². The van der Waals surface area contributed by atoms with Gasteiger partial charge in [-0.2, -0.15) is 0 Å². The van der Waals surface area contributed by atoms with E-state index in [0.717, 1.165) is 37.6 Å². The van der Waals surface area contributed by atoms with Gasteiger partial charge >= 0.3 is 0 Å². The van der Waals surface area contributed by atoms with Crippen LogP contribution in [0.25, 0.3) is 0 Å². The highest BCUT2D eigenvalue weighted by molar-refractivity contribution is 5.97. The van der Waals surface area contributed by atoms with E-state index in [1.807, 2.05) is 18.2 Å². The lowest BCUT2D eigenvalue weighted by Gasteiger charge is -2.31. The molecule has 2 amide bonds. The molecule has 0 aromatic heterocycles. The number of anilines is 1. The van der Waals surface area contributed by atoms with Crippen LogP contribution in [0.2, 0.25) is 0 Å². The number of carbonyl (C=O) groups excluding carboxylic acids is 2. The van der Waals surface area contributed by atoms with Crippen LogP contribution in [0.15, 0.2) is 48.5 Å². The average Bonchev–Trinajstić information content (AvgIpc) is 2.68. The van der Waals surface area contributed by atoms with Gasteiger partial charge in [-0.25, -0.2) is 0 Å². The zero-order chi connectivity index (χ0) is 18.5. The summed E-state index contributed by atoms with van der Waals surface area (Å²) in [6.07, 6.45) is 0. The third kappa shape index (κ3) is 4.03. The zero-order valence-electron chi connectivity index (χ0n) is 14.9. The number of ether oxygens (including phenoxy) is 1. The predicted octanol–water partition coefficient (Wildman–Crippen LogP) is 1.89. The fraction of sp³-hybridized carbons (Fsp3) is 0.300. The minimum absolute atomic E-state index is 0.0993. The second-order valence-electron chi connectivity index (χ2n) is 6.33. The van der Waals surface area contributed by atoms with Gasteiger partial charge in [-0.1, -0.05) is 18.2 Å². The first-order chi connectivity index (χ1) is 12.6. The molecule has 0 bridgehead atoms. The van der Waals surface area contributed by atoms with E-state index in [9.17, 15) is 9.59 Å². The standard InChI is InChI=1S/C20H23N3O3/c1-22(20(25)16-8-6-15(7-9-16)19(21)24)14-17-4-2-3-5-18(17)23-10-12-26-13-11-23/h2-9H,10-14H2,1H3,(H2,21,24). The first-order valence-electron chi connectivity index (χ1n) is 8.62. The topological polar surface area (TPSA) is 75.9 Å². The van der Waals surface area contributed by atoms with E-state index in [1.165, 1.54) is 0 Å². The lowest BCUT2D eigenvalue weighted by molar-refractivity contribution is 0.0784. The molecule has 1 heterocycles. The van der Waals surface area contributed by atoms with Crippen LogP contribution in [-0.2, 0) is 11.3 Å². The van der Waals surface area contributed by atoms with E-state index in [1.54, 1.807) is 36.2 Å². The normalized spacial score (nSPS) is 14.1. The smallest absolute Gasteiger partial charge is 0.253 e. The van der Waals surface area contributed by atoms with Crippen LogP contribution >= 0.6 is 0 Å². The summed E-state index contributed by atoms with van der Waals surface area (Å²) in [6, 6.07) is 14.5. The third-order valence-electron chi connectivity index (χ3n) is 4.51. The molecule has 2 N–H and O–H groups in total. The molecule has 0 atom stereocenters. The molecule has 0 spiro atoms. The number of carbonyl (C=O) groups is 2. The van der Waals surface area contributed by atoms with Crippen molar-refractivity contribution in [3.63, 3.8) is 0 Å². The van der Waals surface area contributed by atoms with Gasteiger partial charge in [0, 0.05) is 43.5 Å². The highest BCUT2D eigenvalue weighted by Crippen LogP contribution is 2.23. The summed E-state index contributed by atoms with van der Waals surface area (Å²) in [6.45, 7) is 3.64. The van der Waals surface area contributed by atoms with Crippen LogP contribution in [0.5, 0.6) is 0 Å². The maximum Gasteiger partial charge on any atom is 0.253 e. The Kier molecular flexibility index (Phi) is 5.53. The minimum atomic E-state index is -0.503. The second kappa shape index (κ2) is 8.01. The number of primary amides is 1. The van der Waals surface area contributed by atoms with Gasteiger partial charge in [0.2, 0.25) is 5.91 Å². The van der Waals surface area contributed by atoms with E-state index < -0.39 is 5.91 Å². The Hall–Kier alpha value is -2.86. The Labute approximate surface area is 153 Å². The summed E-state index contributed by atoms with van der Waals surface area (Å²) in [7, 11) is 1.78. The Morgan fingerprint density at radius 2 is 1.65 bits per heavy atom. The number of nitrogens with two attached hydrogens (primary N) is 1. The molecule has 1 aliphatic rings. The fourth-order valence-electron chi connectivity index (χ4n) is 3.08. The molecule has 2 aromatic rings. The Morgan fingerprint density at radius 3 is 2.31 bits per heavy atom. The largest absolute Gasteiger partial charge is 0.378 e. The molecule has 1 saturated heterocycles. The van der Waals surface area contributed by atoms with Gasteiger partial charge in [0.25, 0.3) is 5.91 Å². The molecule has 1 aliphatic heterocycles. The number of benzene rings is 2. The number of hydrogen-bond donors (Lipinski definition) is 1. The van der Waals surface area contributed by atoms with Crippen molar-refractivity contribution in [1.82, 2.24) is 4.90 Å². The van der Waals surface area contributed by atoms with Crippen molar-refractivity contribution in [2.75, 3.05) is 38.3 Å². The van der Waals surface area contributed by atoms with Crippen LogP contribution in [-0.4, -0.2) is 50.1 Å². The Bertz CT molecular complexity index is 783. The van der Waals surface area contributed by atoms with Gasteiger partial charge in [0.05, 0.1) is 13.2 Å². The number of hydrogen-bond acceptors (Lipinski definition) is 4. The third-order valence-corrected chi connectivity index (χ3v) is 4.51. The molecular weight excluding hydrogens is 330 g/mol. The Balaban J connectivity index is 1.74. The number of morpholine rings is 1. The van der Waals surface area contributed by atoms with Crippen molar-refractivity contribution in [3.8, 4) is 0 Å². The number of rotatable bonds is 5. The van der Waals surface area contributed by atoms with E-state index in [0.29, 0.717) is 17.7 Å². The van der Waals surface area contributed by atoms with Crippen molar-refractivity contribution >= 4 is 17.5 Å². The van der Waals surface area contributed by atoms with Crippen molar-refractivity contribution in [2.24, 2.45) is 5.73 Å². The fourth-order valence-corrected chi connectivity index (χ4v) is 3.08. The number of amides is 2. The predicted molar refractivity (Wildman–Crippen MR) is 100 cm³/mol. The lowest BCUT2D eigenvalue weighted by atomic mass is 10.1. The van der Waals surface area contributed by atoms with Gasteiger partial charge in [0.1, 0.15) is 0 Å². The summed E-state index contributed by atoms with van der Waals surface area (Å²) in [5, 5.41) is 0. The lowest BCUT2D eigenvalue weighted by Crippen LogP contribution is -2.37. The van der Waals surface area contributed by atoms with Crippen LogP contribution < -0.4 is 10.6 Å². The van der Waals surface area contributed by atoms with Crippen LogP contribution in [0.4, 0.5) is 5.69 Å². The van der Waals surface area contributed by atoms with Crippen molar-refractivity contribution in [3.05, 3.63) is 65.2 Å². The highest BCUT2D eigenvalue weighted by atomic mass is 16.5. The van der Waals surface area contributed by atoms with Crippen molar-refractivity contribution in [2.45, 2.75) is 6.54 Å². The van der Waals surface area contributed by atoms with Gasteiger partial charge in [-0.05, 0) is 35.9 Å². The maximum absolute atomic E-state index is 12.7. The maximum atomic E-state index is 12.7. The molecule has 136 valence electrons. The minimum Gasteiger partial charge on any atom is -0.378 e. The van der Waals surface area contributed by atoms with E-state index in [-0.39, 0.29) is 5.91 Å². The van der Waals surface area contributed by atoms with E-state index >= 15 is 0 Å². The molecule has 26 heavy (non-hydrogen) atoms. The van der Waals surface area contributed by atoms with Crippen molar-refractivity contribution in [1.29, 1.82) is 0 Å². The second-order valence-corrected chi connectivity index (χ2v) is 6.33. The van der Waals surface area contributed by atoms with Gasteiger partial charge in [-0.3, -0.25) is 9.59 Å². The van der Waals surface area contributed by atoms with Gasteiger partial charge in [-0.15, -0.1) is 0 Å². The van der Waals surface area contributed by atoms with Crippen LogP contribution in [0.3, 0.4) is 0 Å².